The number of amides is 2. The maximum Gasteiger partial charge on any atom is 0.221 e. The Labute approximate surface area is 380 Å². The fourth-order valence-corrected chi connectivity index (χ4v) is 8.22. The first-order valence-corrected chi connectivity index (χ1v) is 27.2. The summed E-state index contributed by atoms with van der Waals surface area (Å²) >= 11 is 0. The number of Topliss-reactive ketones (excluding diaryl/α,β-unsaturated/α-hetero) is 1. The molecule has 0 unspecified atom stereocenters. The summed E-state index contributed by atoms with van der Waals surface area (Å²) in [5.74, 6) is 0.689. The molecule has 0 atom stereocenters. The lowest BCUT2D eigenvalue weighted by atomic mass is 10.0. The number of carbonyl (C=O) groups excluding carboxylic acids is 3. The Morgan fingerprint density at radius 1 is 0.295 bits per heavy atom. The quantitative estimate of drug-likeness (QED) is 0.0454. The minimum absolute atomic E-state index is 0.147. The molecule has 0 rings (SSSR count). The molecule has 362 valence electrons. The lowest BCUT2D eigenvalue weighted by Gasteiger charge is -2.22. The van der Waals surface area contributed by atoms with Crippen molar-refractivity contribution in [3.63, 3.8) is 0 Å². The summed E-state index contributed by atoms with van der Waals surface area (Å²) in [5.41, 5.74) is 0. The summed E-state index contributed by atoms with van der Waals surface area (Å²) in [6, 6.07) is 0. The SMILES string of the molecule is CCCCCCCCCCCCCC(=O)CCN(CCCCNCCCNCCC(=O)NCCCCCCCCCCCC)CCC(=O)NCCCCCCCCCCCC. The smallest absolute Gasteiger partial charge is 0.221 e. The van der Waals surface area contributed by atoms with Gasteiger partial charge >= 0.3 is 0 Å². The van der Waals surface area contributed by atoms with Crippen molar-refractivity contribution in [2.24, 2.45) is 0 Å². The Bertz CT molecular complexity index is 876. The molecular formula is C53H107N5O3. The summed E-state index contributed by atoms with van der Waals surface area (Å²) in [7, 11) is 0. The van der Waals surface area contributed by atoms with E-state index in [0.29, 0.717) is 31.5 Å². The van der Waals surface area contributed by atoms with Gasteiger partial charge in [-0.25, -0.2) is 0 Å². The minimum Gasteiger partial charge on any atom is -0.356 e. The average molecular weight is 862 g/mol. The Hall–Kier alpha value is -1.51. The molecule has 8 heteroatoms. The Balaban J connectivity index is 4.15. The zero-order valence-electron chi connectivity index (χ0n) is 41.4. The van der Waals surface area contributed by atoms with Crippen molar-refractivity contribution >= 4 is 17.6 Å². The van der Waals surface area contributed by atoms with Gasteiger partial charge in [0.25, 0.3) is 0 Å². The number of nitrogens with one attached hydrogen (secondary N) is 4. The Kier molecular flexibility index (Phi) is 49.9. The van der Waals surface area contributed by atoms with Gasteiger partial charge in [-0.3, -0.25) is 14.4 Å². The fraction of sp³-hybridized carbons (Fsp3) is 0.943. The molecule has 0 heterocycles. The van der Waals surface area contributed by atoms with Crippen LogP contribution in [0.3, 0.4) is 0 Å². The maximum absolute atomic E-state index is 12.8. The molecule has 4 N–H and O–H groups in total. The first-order valence-electron chi connectivity index (χ1n) is 27.2. The molecule has 0 spiro atoms. The van der Waals surface area contributed by atoms with Gasteiger partial charge in [0.2, 0.25) is 11.8 Å². The van der Waals surface area contributed by atoms with Crippen molar-refractivity contribution in [3.8, 4) is 0 Å². The number of nitrogens with zero attached hydrogens (tertiary/aromatic N) is 1. The molecule has 0 saturated carbocycles. The molecule has 0 aromatic heterocycles. The monoisotopic (exact) mass is 862 g/mol. The zero-order valence-corrected chi connectivity index (χ0v) is 41.4. The van der Waals surface area contributed by atoms with Gasteiger partial charge in [0.15, 0.2) is 0 Å². The molecule has 0 aliphatic carbocycles. The Morgan fingerprint density at radius 2 is 0.639 bits per heavy atom. The van der Waals surface area contributed by atoms with E-state index in [1.165, 1.54) is 180 Å². The van der Waals surface area contributed by atoms with Crippen LogP contribution in [0.2, 0.25) is 0 Å². The lowest BCUT2D eigenvalue weighted by Crippen LogP contribution is -2.33. The third kappa shape index (κ3) is 49.4. The second-order valence-electron chi connectivity index (χ2n) is 18.5. The van der Waals surface area contributed by atoms with E-state index in [0.717, 1.165) is 97.4 Å². The number of hydrogen-bond acceptors (Lipinski definition) is 6. The van der Waals surface area contributed by atoms with E-state index in [1.807, 2.05) is 0 Å². The van der Waals surface area contributed by atoms with Gasteiger partial charge < -0.3 is 26.2 Å². The van der Waals surface area contributed by atoms with E-state index in [4.69, 9.17) is 0 Å². The van der Waals surface area contributed by atoms with Gasteiger partial charge in [0.1, 0.15) is 5.78 Å². The molecule has 0 aliphatic rings. The van der Waals surface area contributed by atoms with E-state index >= 15 is 0 Å². The van der Waals surface area contributed by atoms with Crippen LogP contribution in [0, 0.1) is 0 Å². The van der Waals surface area contributed by atoms with Crippen LogP contribution in [0.15, 0.2) is 0 Å². The predicted molar refractivity (Wildman–Crippen MR) is 266 cm³/mol. The molecular weight excluding hydrogens is 755 g/mol. The van der Waals surface area contributed by atoms with Crippen LogP contribution in [-0.2, 0) is 14.4 Å². The average Bonchev–Trinajstić information content (AvgIpc) is 3.26. The highest BCUT2D eigenvalue weighted by Crippen LogP contribution is 2.14. The van der Waals surface area contributed by atoms with Crippen LogP contribution in [0.25, 0.3) is 0 Å². The number of rotatable bonds is 52. The lowest BCUT2D eigenvalue weighted by molar-refractivity contribution is -0.122. The van der Waals surface area contributed by atoms with Crippen molar-refractivity contribution < 1.29 is 14.4 Å². The molecule has 2 amide bonds. The molecule has 0 radical (unpaired) electrons. The summed E-state index contributed by atoms with van der Waals surface area (Å²) in [6.45, 7) is 14.4. The van der Waals surface area contributed by atoms with Crippen LogP contribution < -0.4 is 21.3 Å². The van der Waals surface area contributed by atoms with Gasteiger partial charge in [-0.15, -0.1) is 0 Å². The molecule has 8 nitrogen and oxygen atoms in total. The summed E-state index contributed by atoms with van der Waals surface area (Å²) in [5, 5.41) is 13.2. The zero-order chi connectivity index (χ0) is 44.4. The highest BCUT2D eigenvalue weighted by molar-refractivity contribution is 5.78. The summed E-state index contributed by atoms with van der Waals surface area (Å²) in [4.78, 5) is 40.1. The van der Waals surface area contributed by atoms with Gasteiger partial charge in [-0.05, 0) is 64.7 Å². The van der Waals surface area contributed by atoms with Crippen LogP contribution in [0.1, 0.15) is 265 Å². The van der Waals surface area contributed by atoms with Crippen molar-refractivity contribution in [3.05, 3.63) is 0 Å². The number of ketones is 1. The van der Waals surface area contributed by atoms with E-state index in [1.54, 1.807) is 0 Å². The van der Waals surface area contributed by atoms with Crippen molar-refractivity contribution in [2.45, 2.75) is 265 Å². The van der Waals surface area contributed by atoms with Crippen molar-refractivity contribution in [2.75, 3.05) is 58.9 Å². The molecule has 0 saturated heterocycles. The summed E-state index contributed by atoms with van der Waals surface area (Å²) < 4.78 is 0. The second-order valence-corrected chi connectivity index (χ2v) is 18.5. The third-order valence-corrected chi connectivity index (χ3v) is 12.4. The molecule has 0 aromatic carbocycles. The molecule has 0 aliphatic heterocycles. The van der Waals surface area contributed by atoms with E-state index in [-0.39, 0.29) is 11.8 Å². The topological polar surface area (TPSA) is 103 Å². The highest BCUT2D eigenvalue weighted by Gasteiger charge is 2.11. The number of unbranched alkanes of at least 4 members (excludes halogenated alkanes) is 29. The number of hydrogen-bond donors (Lipinski definition) is 4. The standard InChI is InChI=1S/C53H107N5O3/c1-4-7-10-13-16-19-22-23-26-29-32-38-51(59)40-49-58(50-41-53(61)57-46-34-31-28-25-21-18-15-12-9-6-3)48-36-35-42-54-43-37-44-55-47-39-52(60)56-45-33-30-27-24-20-17-14-11-8-5-2/h54-55H,4-50H2,1-3H3,(H,56,60)(H,57,61). The fourth-order valence-electron chi connectivity index (χ4n) is 8.22. The summed E-state index contributed by atoms with van der Waals surface area (Å²) in [6.07, 6.45) is 46.1. The van der Waals surface area contributed by atoms with Gasteiger partial charge in [0, 0.05) is 58.4 Å². The number of carbonyl (C=O) groups is 3. The first-order chi connectivity index (χ1) is 30.0. The second kappa shape index (κ2) is 51.1. The highest BCUT2D eigenvalue weighted by atomic mass is 16.2. The van der Waals surface area contributed by atoms with Crippen LogP contribution in [0.4, 0.5) is 0 Å². The molecule has 0 aromatic rings. The van der Waals surface area contributed by atoms with Crippen molar-refractivity contribution in [1.29, 1.82) is 0 Å². The van der Waals surface area contributed by atoms with E-state index in [2.05, 4.69) is 46.9 Å². The predicted octanol–water partition coefficient (Wildman–Crippen LogP) is 13.2. The van der Waals surface area contributed by atoms with E-state index < -0.39 is 0 Å². The van der Waals surface area contributed by atoms with E-state index in [9.17, 15) is 14.4 Å². The van der Waals surface area contributed by atoms with Crippen LogP contribution in [0.5, 0.6) is 0 Å². The van der Waals surface area contributed by atoms with Crippen LogP contribution >= 0.6 is 0 Å². The third-order valence-electron chi connectivity index (χ3n) is 12.4. The Morgan fingerprint density at radius 3 is 1.10 bits per heavy atom. The molecule has 61 heavy (non-hydrogen) atoms. The van der Waals surface area contributed by atoms with Crippen molar-refractivity contribution in [1.82, 2.24) is 26.2 Å². The van der Waals surface area contributed by atoms with Gasteiger partial charge in [-0.2, -0.15) is 0 Å². The normalized spacial score (nSPS) is 11.5. The van der Waals surface area contributed by atoms with Gasteiger partial charge in [0.05, 0.1) is 0 Å². The minimum atomic E-state index is 0.147. The van der Waals surface area contributed by atoms with Gasteiger partial charge in [-0.1, -0.05) is 201 Å². The molecule has 0 bridgehead atoms. The maximum atomic E-state index is 12.8. The largest absolute Gasteiger partial charge is 0.356 e. The molecule has 0 fully saturated rings. The first kappa shape index (κ1) is 59.5. The van der Waals surface area contributed by atoms with Crippen LogP contribution in [-0.4, -0.2) is 81.4 Å².